The van der Waals surface area contributed by atoms with Gasteiger partial charge in [-0.25, -0.2) is 0 Å². The van der Waals surface area contributed by atoms with E-state index in [1.165, 1.54) is 44.9 Å². The molecule has 20 heavy (non-hydrogen) atoms. The lowest BCUT2D eigenvalue weighted by Crippen LogP contribution is -2.17. The molecule has 0 amide bonds. The zero-order valence-corrected chi connectivity index (χ0v) is 12.3. The lowest BCUT2D eigenvalue weighted by atomic mass is 9.87. The highest BCUT2D eigenvalue weighted by molar-refractivity contribution is 5.01. The van der Waals surface area contributed by atoms with Crippen LogP contribution < -0.4 is 0 Å². The largest absolute Gasteiger partial charge is 0.393 e. The average molecular weight is 278 g/mol. The van der Waals surface area contributed by atoms with Crippen LogP contribution in [-0.4, -0.2) is 21.4 Å². The molecule has 0 unspecified atom stereocenters. The lowest BCUT2D eigenvalue weighted by Gasteiger charge is -2.22. The van der Waals surface area contributed by atoms with Gasteiger partial charge in [0.25, 0.3) is 0 Å². The highest BCUT2D eigenvalue weighted by Crippen LogP contribution is 2.34. The summed E-state index contributed by atoms with van der Waals surface area (Å²) in [5.74, 6) is 2.62. The summed E-state index contributed by atoms with van der Waals surface area (Å²) in [6.07, 6.45) is 12.7. The Kier molecular flexibility index (Phi) is 4.71. The van der Waals surface area contributed by atoms with Crippen LogP contribution in [0.3, 0.4) is 0 Å². The maximum absolute atomic E-state index is 9.57. The van der Waals surface area contributed by atoms with E-state index >= 15 is 0 Å². The summed E-state index contributed by atoms with van der Waals surface area (Å²) in [7, 11) is 0. The fourth-order valence-electron chi connectivity index (χ4n) is 3.62. The molecule has 3 rings (SSSR count). The first-order valence-corrected chi connectivity index (χ1v) is 8.34. The maximum atomic E-state index is 9.57. The van der Waals surface area contributed by atoms with Crippen molar-refractivity contribution in [3.05, 3.63) is 11.7 Å². The van der Waals surface area contributed by atoms with Gasteiger partial charge < -0.3 is 9.63 Å². The van der Waals surface area contributed by atoms with E-state index in [9.17, 15) is 5.11 Å². The van der Waals surface area contributed by atoms with E-state index in [1.54, 1.807) is 0 Å². The quantitative estimate of drug-likeness (QED) is 0.890. The van der Waals surface area contributed by atoms with Gasteiger partial charge >= 0.3 is 0 Å². The molecule has 4 heteroatoms. The molecule has 2 saturated carbocycles. The minimum absolute atomic E-state index is 0.126. The van der Waals surface area contributed by atoms with Gasteiger partial charge in [-0.15, -0.1) is 0 Å². The number of aliphatic hydroxyl groups is 1. The Labute approximate surface area is 121 Å². The summed E-state index contributed by atoms with van der Waals surface area (Å²) in [4.78, 5) is 4.70. The van der Waals surface area contributed by atoms with E-state index in [1.807, 2.05) is 0 Å². The van der Waals surface area contributed by atoms with Crippen LogP contribution in [0.15, 0.2) is 4.52 Å². The number of nitrogens with zero attached hydrogens (tertiary/aromatic N) is 2. The van der Waals surface area contributed by atoms with E-state index < -0.39 is 0 Å². The Morgan fingerprint density at radius 1 is 0.800 bits per heavy atom. The van der Waals surface area contributed by atoms with Gasteiger partial charge in [-0.2, -0.15) is 4.98 Å². The molecule has 0 spiro atoms. The number of aliphatic hydroxyl groups excluding tert-OH is 1. The zero-order valence-electron chi connectivity index (χ0n) is 12.3. The predicted octanol–water partition coefficient (Wildman–Crippen LogP) is 3.92. The molecule has 2 aliphatic rings. The molecule has 1 N–H and O–H groups in total. The smallest absolute Gasteiger partial charge is 0.229 e. The average Bonchev–Trinajstić information content (AvgIpc) is 2.89. The van der Waals surface area contributed by atoms with Crippen LogP contribution in [0.1, 0.15) is 94.2 Å². The van der Waals surface area contributed by atoms with Gasteiger partial charge in [0.1, 0.15) is 0 Å². The van der Waals surface area contributed by atoms with E-state index in [-0.39, 0.29) is 6.10 Å². The van der Waals surface area contributed by atoms with Gasteiger partial charge in [-0.05, 0) is 38.5 Å². The second-order valence-electron chi connectivity index (χ2n) is 6.54. The molecule has 1 heterocycles. The molecular formula is C16H26N2O2. The van der Waals surface area contributed by atoms with Crippen molar-refractivity contribution in [1.29, 1.82) is 0 Å². The summed E-state index contributed by atoms with van der Waals surface area (Å²) in [6.45, 7) is 0. The number of rotatable bonds is 2. The molecule has 2 aliphatic carbocycles. The van der Waals surface area contributed by atoms with E-state index in [0.29, 0.717) is 11.8 Å². The molecule has 0 aliphatic heterocycles. The predicted molar refractivity (Wildman–Crippen MR) is 76.6 cm³/mol. The first-order valence-electron chi connectivity index (χ1n) is 8.34. The van der Waals surface area contributed by atoms with Gasteiger partial charge in [0.2, 0.25) is 5.89 Å². The third-order valence-corrected chi connectivity index (χ3v) is 4.97. The first kappa shape index (κ1) is 14.1. The Balaban J connectivity index is 1.63. The standard InChI is InChI=1S/C16H26N2O2/c19-14-10-8-13(9-11-14)16-17-15(18-20-16)12-6-4-2-1-3-5-7-12/h12-14,19H,1-11H2. The van der Waals surface area contributed by atoms with Crippen LogP contribution in [0.4, 0.5) is 0 Å². The van der Waals surface area contributed by atoms with Crippen molar-refractivity contribution in [1.82, 2.24) is 10.1 Å². The SMILES string of the molecule is OC1CCC(c2nc(C3CCCCCCC3)no2)CC1. The monoisotopic (exact) mass is 278 g/mol. The molecular weight excluding hydrogens is 252 g/mol. The molecule has 0 atom stereocenters. The third kappa shape index (κ3) is 3.40. The summed E-state index contributed by atoms with van der Waals surface area (Å²) < 4.78 is 5.52. The minimum atomic E-state index is -0.126. The van der Waals surface area contributed by atoms with E-state index in [2.05, 4.69) is 5.16 Å². The fraction of sp³-hybridized carbons (Fsp3) is 0.875. The van der Waals surface area contributed by atoms with Crippen LogP contribution in [0.2, 0.25) is 0 Å². The fourth-order valence-corrected chi connectivity index (χ4v) is 3.62. The molecule has 0 radical (unpaired) electrons. The number of aromatic nitrogens is 2. The molecule has 1 aromatic heterocycles. The topological polar surface area (TPSA) is 59.2 Å². The van der Waals surface area contributed by atoms with Gasteiger partial charge in [-0.1, -0.05) is 37.3 Å². The molecule has 1 aromatic rings. The van der Waals surface area contributed by atoms with Crippen LogP contribution in [0, 0.1) is 0 Å². The van der Waals surface area contributed by atoms with Crippen molar-refractivity contribution in [3.8, 4) is 0 Å². The molecule has 0 aromatic carbocycles. The normalized spacial score (nSPS) is 29.9. The van der Waals surface area contributed by atoms with Crippen molar-refractivity contribution in [2.75, 3.05) is 0 Å². The Morgan fingerprint density at radius 2 is 1.45 bits per heavy atom. The molecule has 2 fully saturated rings. The molecule has 0 saturated heterocycles. The highest BCUT2D eigenvalue weighted by Gasteiger charge is 2.27. The van der Waals surface area contributed by atoms with Crippen molar-refractivity contribution < 1.29 is 9.63 Å². The Bertz CT molecular complexity index is 402. The summed E-state index contributed by atoms with van der Waals surface area (Å²) >= 11 is 0. The second kappa shape index (κ2) is 6.70. The first-order chi connectivity index (χ1) is 9.83. The van der Waals surface area contributed by atoms with E-state index in [0.717, 1.165) is 37.4 Å². The molecule has 4 nitrogen and oxygen atoms in total. The number of hydrogen-bond donors (Lipinski definition) is 1. The van der Waals surface area contributed by atoms with Crippen molar-refractivity contribution in [2.45, 2.75) is 88.6 Å². The summed E-state index contributed by atoms with van der Waals surface area (Å²) in [5.41, 5.74) is 0. The second-order valence-corrected chi connectivity index (χ2v) is 6.54. The molecule has 0 bridgehead atoms. The van der Waals surface area contributed by atoms with Crippen LogP contribution in [0.5, 0.6) is 0 Å². The summed E-state index contributed by atoms with van der Waals surface area (Å²) in [6, 6.07) is 0. The molecule has 112 valence electrons. The summed E-state index contributed by atoms with van der Waals surface area (Å²) in [5, 5.41) is 13.8. The van der Waals surface area contributed by atoms with Gasteiger partial charge in [-0.3, -0.25) is 0 Å². The van der Waals surface area contributed by atoms with Crippen molar-refractivity contribution >= 4 is 0 Å². The van der Waals surface area contributed by atoms with Crippen LogP contribution in [0.25, 0.3) is 0 Å². The minimum Gasteiger partial charge on any atom is -0.393 e. The van der Waals surface area contributed by atoms with Crippen molar-refractivity contribution in [2.24, 2.45) is 0 Å². The maximum Gasteiger partial charge on any atom is 0.229 e. The number of hydrogen-bond acceptors (Lipinski definition) is 4. The van der Waals surface area contributed by atoms with Gasteiger partial charge in [0, 0.05) is 11.8 Å². The highest BCUT2D eigenvalue weighted by atomic mass is 16.5. The lowest BCUT2D eigenvalue weighted by molar-refractivity contribution is 0.116. The van der Waals surface area contributed by atoms with E-state index in [4.69, 9.17) is 9.51 Å². The Hall–Kier alpha value is -0.900. The zero-order chi connectivity index (χ0) is 13.8. The van der Waals surface area contributed by atoms with Crippen LogP contribution >= 0.6 is 0 Å². The third-order valence-electron chi connectivity index (χ3n) is 4.97. The van der Waals surface area contributed by atoms with Crippen LogP contribution in [-0.2, 0) is 0 Å². The van der Waals surface area contributed by atoms with Gasteiger partial charge in [0.05, 0.1) is 6.10 Å². The Morgan fingerprint density at radius 3 is 2.15 bits per heavy atom. The van der Waals surface area contributed by atoms with Gasteiger partial charge in [0.15, 0.2) is 5.82 Å². The van der Waals surface area contributed by atoms with Crippen molar-refractivity contribution in [3.63, 3.8) is 0 Å².